The lowest BCUT2D eigenvalue weighted by molar-refractivity contribution is 0.0866. The quantitative estimate of drug-likeness (QED) is 0.689. The van der Waals surface area contributed by atoms with Gasteiger partial charge in [0.05, 0.1) is 18.8 Å². The van der Waals surface area contributed by atoms with Crippen LogP contribution in [0.15, 0.2) is 11.4 Å². The molecular formula is C11H19NO2S. The number of hydrogen-bond donors (Lipinski definition) is 3. The van der Waals surface area contributed by atoms with Crippen molar-refractivity contribution < 1.29 is 10.2 Å². The molecule has 1 rings (SSSR count). The molecule has 0 spiro atoms. The molecule has 86 valence electrons. The van der Waals surface area contributed by atoms with Crippen LogP contribution in [-0.2, 0) is 6.54 Å². The maximum absolute atomic E-state index is 9.26. The van der Waals surface area contributed by atoms with Crippen LogP contribution < -0.4 is 5.32 Å². The Morgan fingerprint density at radius 3 is 2.47 bits per heavy atom. The Kier molecular flexibility index (Phi) is 4.73. The Balaban J connectivity index is 2.58. The molecule has 0 saturated carbocycles. The zero-order chi connectivity index (χ0) is 11.3. The Hall–Kier alpha value is -0.420. The summed E-state index contributed by atoms with van der Waals surface area (Å²) in [5.41, 5.74) is 0.713. The fourth-order valence-electron chi connectivity index (χ4n) is 1.36. The Labute approximate surface area is 94.8 Å². The highest BCUT2D eigenvalue weighted by Crippen LogP contribution is 2.17. The lowest BCUT2D eigenvalue weighted by Gasteiger charge is -2.29. The topological polar surface area (TPSA) is 52.5 Å². The largest absolute Gasteiger partial charge is 0.394 e. The Morgan fingerprint density at radius 2 is 2.07 bits per heavy atom. The molecule has 0 bridgehead atoms. The number of nitrogens with one attached hydrogen (secondary N) is 1. The molecule has 1 aromatic rings. The summed E-state index contributed by atoms with van der Waals surface area (Å²) in [6.45, 7) is 4.66. The molecule has 0 aromatic carbocycles. The van der Waals surface area contributed by atoms with Gasteiger partial charge >= 0.3 is 0 Å². The van der Waals surface area contributed by atoms with Crippen molar-refractivity contribution in [3.05, 3.63) is 21.9 Å². The van der Waals surface area contributed by atoms with Crippen molar-refractivity contribution in [2.24, 2.45) is 0 Å². The molecule has 0 saturated heterocycles. The second kappa shape index (κ2) is 5.61. The molecule has 1 heterocycles. The van der Waals surface area contributed by atoms with Crippen LogP contribution in [0.2, 0.25) is 0 Å². The van der Waals surface area contributed by atoms with E-state index in [0.29, 0.717) is 13.0 Å². The molecule has 0 amide bonds. The Morgan fingerprint density at radius 1 is 1.40 bits per heavy atom. The fraction of sp³-hybridized carbons (Fsp3) is 0.636. The smallest absolute Gasteiger partial charge is 0.0648 e. The van der Waals surface area contributed by atoms with E-state index in [1.54, 1.807) is 11.3 Å². The molecule has 0 radical (unpaired) electrons. The van der Waals surface area contributed by atoms with Gasteiger partial charge in [0, 0.05) is 11.4 Å². The van der Waals surface area contributed by atoms with Crippen LogP contribution >= 0.6 is 11.3 Å². The highest BCUT2D eigenvalue weighted by atomic mass is 32.1. The monoisotopic (exact) mass is 229 g/mol. The van der Waals surface area contributed by atoms with Gasteiger partial charge in [-0.15, -0.1) is 11.3 Å². The van der Waals surface area contributed by atoms with E-state index in [1.165, 1.54) is 10.4 Å². The van der Waals surface area contributed by atoms with Crippen molar-refractivity contribution >= 4 is 11.3 Å². The minimum Gasteiger partial charge on any atom is -0.394 e. The van der Waals surface area contributed by atoms with Crippen molar-refractivity contribution in [3.63, 3.8) is 0 Å². The van der Waals surface area contributed by atoms with Crippen molar-refractivity contribution in [1.29, 1.82) is 0 Å². The van der Waals surface area contributed by atoms with Crippen molar-refractivity contribution in [2.75, 3.05) is 13.2 Å². The third-order valence-electron chi connectivity index (χ3n) is 2.87. The number of aliphatic hydroxyl groups excluding tert-OH is 2. The van der Waals surface area contributed by atoms with E-state index in [-0.39, 0.29) is 13.2 Å². The summed E-state index contributed by atoms with van der Waals surface area (Å²) in [6, 6.07) is 2.08. The van der Waals surface area contributed by atoms with E-state index in [4.69, 9.17) is 0 Å². The highest BCUT2D eigenvalue weighted by molar-refractivity contribution is 7.10. The maximum atomic E-state index is 9.26. The van der Waals surface area contributed by atoms with Crippen LogP contribution in [0.5, 0.6) is 0 Å². The van der Waals surface area contributed by atoms with Gasteiger partial charge in [0.25, 0.3) is 0 Å². The van der Waals surface area contributed by atoms with Gasteiger partial charge in [-0.1, -0.05) is 6.92 Å². The summed E-state index contributed by atoms with van der Waals surface area (Å²) < 4.78 is 0. The van der Waals surface area contributed by atoms with Gasteiger partial charge in [0.2, 0.25) is 0 Å². The van der Waals surface area contributed by atoms with E-state index in [1.807, 2.05) is 6.92 Å². The van der Waals surface area contributed by atoms with Crippen LogP contribution in [-0.4, -0.2) is 29.0 Å². The maximum Gasteiger partial charge on any atom is 0.0648 e. The Bertz CT molecular complexity index is 286. The number of aliphatic hydroxyl groups is 2. The zero-order valence-corrected chi connectivity index (χ0v) is 10.1. The van der Waals surface area contributed by atoms with E-state index < -0.39 is 5.54 Å². The number of rotatable bonds is 6. The normalized spacial score (nSPS) is 12.0. The summed E-state index contributed by atoms with van der Waals surface area (Å²) in [5, 5.41) is 23.8. The number of hydrogen-bond acceptors (Lipinski definition) is 4. The average Bonchev–Trinajstić information content (AvgIpc) is 2.67. The first-order valence-corrected chi connectivity index (χ1v) is 6.05. The van der Waals surface area contributed by atoms with Gasteiger partial charge in [-0.3, -0.25) is 0 Å². The second-order valence-electron chi connectivity index (χ2n) is 3.83. The van der Waals surface area contributed by atoms with Crippen LogP contribution in [0, 0.1) is 6.92 Å². The molecule has 0 fully saturated rings. The fourth-order valence-corrected chi connectivity index (χ4v) is 2.21. The summed E-state index contributed by atoms with van der Waals surface area (Å²) in [4.78, 5) is 1.26. The second-order valence-corrected chi connectivity index (χ2v) is 4.83. The highest BCUT2D eigenvalue weighted by Gasteiger charge is 2.25. The zero-order valence-electron chi connectivity index (χ0n) is 9.29. The van der Waals surface area contributed by atoms with Gasteiger partial charge in [-0.2, -0.15) is 0 Å². The summed E-state index contributed by atoms with van der Waals surface area (Å²) in [6.07, 6.45) is 0.713. The number of aryl methyl sites for hydroxylation is 1. The first-order chi connectivity index (χ1) is 7.17. The van der Waals surface area contributed by atoms with Gasteiger partial charge in [0.1, 0.15) is 0 Å². The van der Waals surface area contributed by atoms with Gasteiger partial charge in [0.15, 0.2) is 0 Å². The molecule has 4 heteroatoms. The molecule has 3 N–H and O–H groups in total. The minimum absolute atomic E-state index is 0.0373. The molecule has 1 aromatic heterocycles. The molecule has 3 nitrogen and oxygen atoms in total. The van der Waals surface area contributed by atoms with E-state index >= 15 is 0 Å². The first kappa shape index (κ1) is 12.6. The van der Waals surface area contributed by atoms with E-state index in [2.05, 4.69) is 23.7 Å². The molecule has 15 heavy (non-hydrogen) atoms. The van der Waals surface area contributed by atoms with Gasteiger partial charge in [-0.05, 0) is 30.4 Å². The van der Waals surface area contributed by atoms with Crippen molar-refractivity contribution in [2.45, 2.75) is 32.4 Å². The van der Waals surface area contributed by atoms with Crippen LogP contribution in [0.25, 0.3) is 0 Å². The molecule has 0 aliphatic rings. The predicted molar refractivity (Wildman–Crippen MR) is 63.1 cm³/mol. The van der Waals surface area contributed by atoms with E-state index in [0.717, 1.165) is 0 Å². The van der Waals surface area contributed by atoms with Crippen molar-refractivity contribution in [3.8, 4) is 0 Å². The molecule has 0 atom stereocenters. The summed E-state index contributed by atoms with van der Waals surface area (Å²) in [7, 11) is 0. The van der Waals surface area contributed by atoms with Gasteiger partial charge < -0.3 is 15.5 Å². The third-order valence-corrected chi connectivity index (χ3v) is 3.90. The molecule has 0 aliphatic carbocycles. The van der Waals surface area contributed by atoms with E-state index in [9.17, 15) is 10.2 Å². The lowest BCUT2D eigenvalue weighted by Crippen LogP contribution is -2.50. The average molecular weight is 229 g/mol. The SMILES string of the molecule is CCC(CO)(CO)NCc1sccc1C. The first-order valence-electron chi connectivity index (χ1n) is 5.17. The molecule has 0 aliphatic heterocycles. The standard InChI is InChI=1S/C11H19NO2S/c1-3-11(7-13,8-14)12-6-10-9(2)4-5-15-10/h4-5,12-14H,3,6-8H2,1-2H3. The van der Waals surface area contributed by atoms with Gasteiger partial charge in [-0.25, -0.2) is 0 Å². The van der Waals surface area contributed by atoms with Crippen LogP contribution in [0.1, 0.15) is 23.8 Å². The van der Waals surface area contributed by atoms with Crippen LogP contribution in [0.3, 0.4) is 0 Å². The summed E-state index contributed by atoms with van der Waals surface area (Å²) in [5.74, 6) is 0. The molecule has 0 unspecified atom stereocenters. The minimum atomic E-state index is -0.545. The summed E-state index contributed by atoms with van der Waals surface area (Å²) >= 11 is 1.70. The predicted octanol–water partition coefficient (Wildman–Crippen LogP) is 1.28. The van der Waals surface area contributed by atoms with Crippen molar-refractivity contribution in [1.82, 2.24) is 5.32 Å². The van der Waals surface area contributed by atoms with Crippen LogP contribution in [0.4, 0.5) is 0 Å². The lowest BCUT2D eigenvalue weighted by atomic mass is 9.98. The molecular weight excluding hydrogens is 210 g/mol. The number of thiophene rings is 1. The third kappa shape index (κ3) is 3.01.